The zero-order valence-electron chi connectivity index (χ0n) is 17.1. The van der Waals surface area contributed by atoms with E-state index in [4.69, 9.17) is 0 Å². The second kappa shape index (κ2) is 9.54. The highest BCUT2D eigenvalue weighted by Gasteiger charge is 2.22. The summed E-state index contributed by atoms with van der Waals surface area (Å²) in [5, 5.41) is 0. The maximum atomic E-state index is 13.1. The summed E-state index contributed by atoms with van der Waals surface area (Å²) >= 11 is 0. The first kappa shape index (κ1) is 20.8. The lowest BCUT2D eigenvalue weighted by Gasteiger charge is -2.36. The fourth-order valence-corrected chi connectivity index (χ4v) is 3.59. The van der Waals surface area contributed by atoms with E-state index in [2.05, 4.69) is 36.1 Å². The Labute approximate surface area is 171 Å². The smallest absolute Gasteiger partial charge is 0.224 e. The van der Waals surface area contributed by atoms with Crippen molar-refractivity contribution in [2.45, 2.75) is 26.8 Å². The number of piperazine rings is 1. The van der Waals surface area contributed by atoms with Crippen LogP contribution in [-0.2, 0) is 16.1 Å². The van der Waals surface area contributed by atoms with Gasteiger partial charge in [-0.15, -0.1) is 0 Å². The first-order chi connectivity index (χ1) is 13.9. The fourth-order valence-electron chi connectivity index (χ4n) is 3.59. The predicted molar refractivity (Wildman–Crippen MR) is 112 cm³/mol. The molecule has 1 aliphatic heterocycles. The van der Waals surface area contributed by atoms with Gasteiger partial charge in [-0.2, -0.15) is 0 Å². The zero-order chi connectivity index (χ0) is 20.8. The van der Waals surface area contributed by atoms with E-state index < -0.39 is 0 Å². The highest BCUT2D eigenvalue weighted by atomic mass is 19.1. The molecular weight excluding hydrogens is 369 g/mol. The molecule has 0 unspecified atom stereocenters. The first-order valence-corrected chi connectivity index (χ1v) is 10.0. The van der Waals surface area contributed by atoms with Crippen LogP contribution < -0.4 is 4.90 Å². The summed E-state index contributed by atoms with van der Waals surface area (Å²) in [4.78, 5) is 30.4. The summed E-state index contributed by atoms with van der Waals surface area (Å²) < 4.78 is 13.1. The molecule has 1 saturated heterocycles. The summed E-state index contributed by atoms with van der Waals surface area (Å²) in [6, 6.07) is 14.5. The normalized spacial score (nSPS) is 14.0. The molecule has 0 aromatic heterocycles. The Morgan fingerprint density at radius 1 is 1.03 bits per heavy atom. The zero-order valence-corrected chi connectivity index (χ0v) is 17.1. The number of amides is 2. The number of hydrogen-bond donors (Lipinski definition) is 0. The highest BCUT2D eigenvalue weighted by molar-refractivity contribution is 5.78. The second-order valence-corrected chi connectivity index (χ2v) is 7.52. The molecule has 0 aliphatic carbocycles. The van der Waals surface area contributed by atoms with Gasteiger partial charge in [0.25, 0.3) is 0 Å². The molecule has 154 valence electrons. The van der Waals surface area contributed by atoms with Gasteiger partial charge in [-0.05, 0) is 42.3 Å². The molecule has 1 aliphatic rings. The average molecular weight is 397 g/mol. The molecule has 1 heterocycles. The first-order valence-electron chi connectivity index (χ1n) is 10.0. The Bertz CT molecular complexity index is 845. The van der Waals surface area contributed by atoms with E-state index in [-0.39, 0.29) is 17.6 Å². The number of anilines is 1. The molecule has 0 spiro atoms. The lowest BCUT2D eigenvalue weighted by Crippen LogP contribution is -2.49. The number of hydrogen-bond acceptors (Lipinski definition) is 3. The van der Waals surface area contributed by atoms with Crippen molar-refractivity contribution < 1.29 is 14.0 Å². The Balaban J connectivity index is 1.49. The Morgan fingerprint density at radius 2 is 1.72 bits per heavy atom. The Morgan fingerprint density at radius 3 is 2.34 bits per heavy atom. The minimum Gasteiger partial charge on any atom is -0.368 e. The van der Waals surface area contributed by atoms with E-state index in [1.165, 1.54) is 30.3 Å². The van der Waals surface area contributed by atoms with Gasteiger partial charge in [-0.25, -0.2) is 4.39 Å². The molecule has 29 heavy (non-hydrogen) atoms. The van der Waals surface area contributed by atoms with Crippen molar-refractivity contribution in [1.29, 1.82) is 0 Å². The highest BCUT2D eigenvalue weighted by Crippen LogP contribution is 2.18. The van der Waals surface area contributed by atoms with Gasteiger partial charge in [0.05, 0.1) is 0 Å². The van der Waals surface area contributed by atoms with Crippen molar-refractivity contribution in [3.05, 3.63) is 65.5 Å². The van der Waals surface area contributed by atoms with Crippen molar-refractivity contribution >= 4 is 17.5 Å². The van der Waals surface area contributed by atoms with Crippen LogP contribution in [0.15, 0.2) is 48.5 Å². The average Bonchev–Trinajstić information content (AvgIpc) is 2.72. The number of rotatable bonds is 6. The summed E-state index contributed by atoms with van der Waals surface area (Å²) in [6.45, 7) is 7.30. The third kappa shape index (κ3) is 5.79. The van der Waals surface area contributed by atoms with Crippen molar-refractivity contribution in [3.8, 4) is 0 Å². The SMILES string of the molecule is CC(=O)N(CCC(=O)N1CCN(c2cccc(C)c2)CC1)Cc1ccc(F)cc1. The molecule has 0 atom stereocenters. The standard InChI is InChI=1S/C23H28FN3O2/c1-18-4-3-5-22(16-18)25-12-14-26(15-13-25)23(29)10-11-27(19(2)28)17-20-6-8-21(24)9-7-20/h3-9,16H,10-15,17H2,1-2H3. The van der Waals surface area contributed by atoms with E-state index in [0.717, 1.165) is 18.7 Å². The summed E-state index contributed by atoms with van der Waals surface area (Å²) in [5.41, 5.74) is 3.27. The van der Waals surface area contributed by atoms with Gasteiger partial charge in [0.1, 0.15) is 5.82 Å². The quantitative estimate of drug-likeness (QED) is 0.752. The molecule has 0 bridgehead atoms. The minimum absolute atomic E-state index is 0.0687. The maximum absolute atomic E-state index is 13.1. The van der Waals surface area contributed by atoms with Gasteiger partial charge in [0.2, 0.25) is 11.8 Å². The van der Waals surface area contributed by atoms with Gasteiger partial charge < -0.3 is 14.7 Å². The van der Waals surface area contributed by atoms with E-state index in [0.29, 0.717) is 32.6 Å². The number of carbonyl (C=O) groups is 2. The molecule has 1 fully saturated rings. The van der Waals surface area contributed by atoms with Crippen LogP contribution in [0.2, 0.25) is 0 Å². The number of aryl methyl sites for hydroxylation is 1. The molecule has 2 aromatic carbocycles. The van der Waals surface area contributed by atoms with Crippen LogP contribution in [0.1, 0.15) is 24.5 Å². The van der Waals surface area contributed by atoms with E-state index in [1.54, 1.807) is 17.0 Å². The molecule has 3 rings (SSSR count). The van der Waals surface area contributed by atoms with Gasteiger partial charge in [-0.3, -0.25) is 9.59 Å². The lowest BCUT2D eigenvalue weighted by molar-refractivity contribution is -0.134. The van der Waals surface area contributed by atoms with Crippen LogP contribution in [0.4, 0.5) is 10.1 Å². The number of benzene rings is 2. The second-order valence-electron chi connectivity index (χ2n) is 7.52. The Hall–Kier alpha value is -2.89. The summed E-state index contributed by atoms with van der Waals surface area (Å²) in [7, 11) is 0. The van der Waals surface area contributed by atoms with Gasteiger partial charge in [0.15, 0.2) is 0 Å². The lowest BCUT2D eigenvalue weighted by atomic mass is 10.2. The van der Waals surface area contributed by atoms with Gasteiger partial charge >= 0.3 is 0 Å². The monoisotopic (exact) mass is 397 g/mol. The molecule has 0 radical (unpaired) electrons. The van der Waals surface area contributed by atoms with Crippen LogP contribution in [0, 0.1) is 12.7 Å². The molecule has 2 aromatic rings. The largest absolute Gasteiger partial charge is 0.368 e. The number of carbonyl (C=O) groups excluding carboxylic acids is 2. The minimum atomic E-state index is -0.303. The van der Waals surface area contributed by atoms with Gasteiger partial charge in [-0.1, -0.05) is 24.3 Å². The van der Waals surface area contributed by atoms with E-state index >= 15 is 0 Å². The number of nitrogens with zero attached hydrogens (tertiary/aromatic N) is 3. The van der Waals surface area contributed by atoms with Crippen LogP contribution in [0.25, 0.3) is 0 Å². The third-order valence-corrected chi connectivity index (χ3v) is 5.33. The van der Waals surface area contributed by atoms with E-state index in [1.807, 2.05) is 4.90 Å². The molecule has 6 heteroatoms. The van der Waals surface area contributed by atoms with Gasteiger partial charge in [0, 0.05) is 58.3 Å². The molecule has 0 saturated carbocycles. The third-order valence-electron chi connectivity index (χ3n) is 5.33. The van der Waals surface area contributed by atoms with Crippen molar-refractivity contribution in [3.63, 3.8) is 0 Å². The maximum Gasteiger partial charge on any atom is 0.224 e. The van der Waals surface area contributed by atoms with Crippen molar-refractivity contribution in [2.24, 2.45) is 0 Å². The number of halogens is 1. The molecule has 5 nitrogen and oxygen atoms in total. The predicted octanol–water partition coefficient (Wildman–Crippen LogP) is 3.22. The molecule has 0 N–H and O–H groups in total. The summed E-state index contributed by atoms with van der Waals surface area (Å²) in [6.07, 6.45) is 0.297. The van der Waals surface area contributed by atoms with Crippen LogP contribution in [-0.4, -0.2) is 54.3 Å². The van der Waals surface area contributed by atoms with Crippen molar-refractivity contribution in [2.75, 3.05) is 37.6 Å². The molecule has 2 amide bonds. The van der Waals surface area contributed by atoms with Crippen molar-refractivity contribution in [1.82, 2.24) is 9.80 Å². The van der Waals surface area contributed by atoms with Crippen LogP contribution in [0.5, 0.6) is 0 Å². The fraction of sp³-hybridized carbons (Fsp3) is 0.391. The Kier molecular flexibility index (Phi) is 6.86. The topological polar surface area (TPSA) is 43.9 Å². The molecular formula is C23H28FN3O2. The van der Waals surface area contributed by atoms with Crippen LogP contribution >= 0.6 is 0 Å². The van der Waals surface area contributed by atoms with Crippen LogP contribution in [0.3, 0.4) is 0 Å². The summed E-state index contributed by atoms with van der Waals surface area (Å²) in [5.74, 6) is -0.325. The van der Waals surface area contributed by atoms with E-state index in [9.17, 15) is 14.0 Å².